The van der Waals surface area contributed by atoms with E-state index in [4.69, 9.17) is 4.74 Å². The Kier molecular flexibility index (Phi) is 4.50. The summed E-state index contributed by atoms with van der Waals surface area (Å²) in [4.78, 5) is 27.1. The number of rotatable bonds is 2. The fraction of sp³-hybridized carbons (Fsp3) is 0.353. The third-order valence-corrected chi connectivity index (χ3v) is 3.97. The molecule has 0 unspecified atom stereocenters. The van der Waals surface area contributed by atoms with Crippen LogP contribution in [0.25, 0.3) is 5.69 Å². The topological polar surface area (TPSA) is 67.7 Å². The van der Waals surface area contributed by atoms with Crippen LogP contribution in [0.3, 0.4) is 0 Å². The molecule has 2 aromatic rings. The summed E-state index contributed by atoms with van der Waals surface area (Å²) in [5, 5.41) is 4.38. The van der Waals surface area contributed by atoms with Gasteiger partial charge in [0.1, 0.15) is 0 Å². The molecule has 0 radical (unpaired) electrons. The Morgan fingerprint density at radius 3 is 2.29 bits per heavy atom. The van der Waals surface area contributed by atoms with Gasteiger partial charge in [-0.15, -0.1) is 0 Å². The molecule has 0 saturated carbocycles. The quantitative estimate of drug-likeness (QED) is 0.844. The van der Waals surface area contributed by atoms with Crippen molar-refractivity contribution >= 4 is 12.0 Å². The number of para-hydroxylation sites is 1. The Labute approximate surface area is 140 Å². The van der Waals surface area contributed by atoms with Crippen LogP contribution in [0.5, 0.6) is 5.88 Å². The number of aryl methyl sites for hydroxylation is 1. The molecule has 1 fully saturated rings. The fourth-order valence-corrected chi connectivity index (χ4v) is 2.66. The predicted octanol–water partition coefficient (Wildman–Crippen LogP) is 1.84. The van der Waals surface area contributed by atoms with Gasteiger partial charge in [0.2, 0.25) is 11.8 Å². The largest absolute Gasteiger partial charge is 0.416 e. The summed E-state index contributed by atoms with van der Waals surface area (Å²) in [6.07, 6.45) is -0.421. The maximum absolute atomic E-state index is 12.4. The van der Waals surface area contributed by atoms with Crippen LogP contribution in [0.4, 0.5) is 4.79 Å². The molecule has 2 heterocycles. The Bertz CT molecular complexity index is 734. The fourth-order valence-electron chi connectivity index (χ4n) is 2.66. The van der Waals surface area contributed by atoms with Gasteiger partial charge in [-0.2, -0.15) is 5.10 Å². The molecule has 0 atom stereocenters. The van der Waals surface area contributed by atoms with Crippen molar-refractivity contribution in [2.75, 3.05) is 26.2 Å². The number of amides is 2. The number of carbonyl (C=O) groups is 2. The zero-order valence-electron chi connectivity index (χ0n) is 13.8. The van der Waals surface area contributed by atoms with Gasteiger partial charge >= 0.3 is 6.09 Å². The van der Waals surface area contributed by atoms with Gasteiger partial charge in [-0.3, -0.25) is 4.79 Å². The lowest BCUT2D eigenvalue weighted by atomic mass is 10.3. The first-order chi connectivity index (χ1) is 11.5. The normalized spacial score (nSPS) is 14.6. The molecule has 1 aromatic heterocycles. The van der Waals surface area contributed by atoms with Crippen LogP contribution in [-0.2, 0) is 4.79 Å². The number of ether oxygens (including phenoxy) is 1. The van der Waals surface area contributed by atoms with E-state index in [1.54, 1.807) is 20.5 Å². The second kappa shape index (κ2) is 6.74. The van der Waals surface area contributed by atoms with Gasteiger partial charge in [-0.05, 0) is 19.1 Å². The highest BCUT2D eigenvalue weighted by Gasteiger charge is 2.25. The molecule has 0 spiro atoms. The molecule has 7 nitrogen and oxygen atoms in total. The number of hydrogen-bond donors (Lipinski definition) is 0. The maximum atomic E-state index is 12.4. The molecule has 2 amide bonds. The first-order valence-corrected chi connectivity index (χ1v) is 7.89. The Balaban J connectivity index is 1.71. The van der Waals surface area contributed by atoms with E-state index in [0.717, 1.165) is 11.4 Å². The molecule has 1 saturated heterocycles. The zero-order valence-corrected chi connectivity index (χ0v) is 13.8. The summed E-state index contributed by atoms with van der Waals surface area (Å²) < 4.78 is 7.15. The first kappa shape index (κ1) is 16.0. The Hall–Kier alpha value is -2.83. The van der Waals surface area contributed by atoms with Crippen molar-refractivity contribution in [1.82, 2.24) is 19.6 Å². The molecule has 7 heteroatoms. The van der Waals surface area contributed by atoms with Crippen LogP contribution >= 0.6 is 0 Å². The van der Waals surface area contributed by atoms with Gasteiger partial charge in [0.05, 0.1) is 11.4 Å². The van der Waals surface area contributed by atoms with Crippen LogP contribution in [-0.4, -0.2) is 57.8 Å². The van der Waals surface area contributed by atoms with E-state index in [1.807, 2.05) is 37.3 Å². The molecule has 3 rings (SSSR count). The van der Waals surface area contributed by atoms with Gasteiger partial charge in [0, 0.05) is 39.2 Å². The van der Waals surface area contributed by atoms with Crippen molar-refractivity contribution < 1.29 is 14.3 Å². The number of nitrogens with zero attached hydrogens (tertiary/aromatic N) is 4. The van der Waals surface area contributed by atoms with Gasteiger partial charge in [-0.25, -0.2) is 9.48 Å². The minimum atomic E-state index is -0.421. The molecule has 0 aliphatic carbocycles. The van der Waals surface area contributed by atoms with Crippen molar-refractivity contribution in [1.29, 1.82) is 0 Å². The first-order valence-electron chi connectivity index (χ1n) is 7.89. The standard InChI is InChI=1S/C17H20N4O3/c1-13-12-16(21(18-13)15-6-4-3-5-7-15)24-17(23)20-10-8-19(9-11-20)14(2)22/h3-7,12H,8-11H2,1-2H3. The van der Waals surface area contributed by atoms with E-state index >= 15 is 0 Å². The Morgan fingerprint density at radius 1 is 1.04 bits per heavy atom. The minimum absolute atomic E-state index is 0.0285. The predicted molar refractivity (Wildman–Crippen MR) is 88.2 cm³/mol. The lowest BCUT2D eigenvalue weighted by Gasteiger charge is -2.33. The third-order valence-electron chi connectivity index (χ3n) is 3.97. The highest BCUT2D eigenvalue weighted by Crippen LogP contribution is 2.20. The summed E-state index contributed by atoms with van der Waals surface area (Å²) in [6.45, 7) is 5.38. The van der Waals surface area contributed by atoms with Crippen LogP contribution < -0.4 is 4.74 Å². The zero-order chi connectivity index (χ0) is 17.1. The van der Waals surface area contributed by atoms with E-state index in [9.17, 15) is 9.59 Å². The van der Waals surface area contributed by atoms with Crippen molar-refractivity contribution in [2.45, 2.75) is 13.8 Å². The molecular weight excluding hydrogens is 308 g/mol. The minimum Gasteiger partial charge on any atom is -0.391 e. The SMILES string of the molecule is CC(=O)N1CCN(C(=O)Oc2cc(C)nn2-c2ccccc2)CC1. The number of hydrogen-bond acceptors (Lipinski definition) is 4. The summed E-state index contributed by atoms with van der Waals surface area (Å²) in [5.74, 6) is 0.415. The monoisotopic (exact) mass is 328 g/mol. The number of benzene rings is 1. The van der Waals surface area contributed by atoms with Crippen molar-refractivity contribution in [3.63, 3.8) is 0 Å². The number of piperazine rings is 1. The van der Waals surface area contributed by atoms with Gasteiger partial charge in [-0.1, -0.05) is 18.2 Å². The van der Waals surface area contributed by atoms with Crippen LogP contribution in [0.15, 0.2) is 36.4 Å². The van der Waals surface area contributed by atoms with Crippen LogP contribution in [0.2, 0.25) is 0 Å². The van der Waals surface area contributed by atoms with Gasteiger partial charge in [0.15, 0.2) is 0 Å². The number of carbonyl (C=O) groups excluding carboxylic acids is 2. The average molecular weight is 328 g/mol. The molecule has 1 aliphatic rings. The lowest BCUT2D eigenvalue weighted by Crippen LogP contribution is -2.50. The third kappa shape index (κ3) is 3.40. The number of aromatic nitrogens is 2. The summed E-state index contributed by atoms with van der Waals surface area (Å²) in [6, 6.07) is 11.2. The van der Waals surface area contributed by atoms with Crippen molar-refractivity contribution in [3.8, 4) is 11.6 Å². The molecule has 126 valence electrons. The maximum Gasteiger partial charge on any atom is 0.416 e. The van der Waals surface area contributed by atoms with Gasteiger partial charge < -0.3 is 14.5 Å². The molecule has 1 aromatic carbocycles. The second-order valence-corrected chi connectivity index (χ2v) is 5.73. The van der Waals surface area contributed by atoms with E-state index in [-0.39, 0.29) is 5.91 Å². The Morgan fingerprint density at radius 2 is 1.67 bits per heavy atom. The van der Waals surface area contributed by atoms with Crippen LogP contribution in [0.1, 0.15) is 12.6 Å². The van der Waals surface area contributed by atoms with Crippen LogP contribution in [0, 0.1) is 6.92 Å². The van der Waals surface area contributed by atoms with E-state index in [2.05, 4.69) is 5.10 Å². The smallest absolute Gasteiger partial charge is 0.391 e. The van der Waals surface area contributed by atoms with Crippen molar-refractivity contribution in [2.24, 2.45) is 0 Å². The highest BCUT2D eigenvalue weighted by atomic mass is 16.6. The molecule has 0 N–H and O–H groups in total. The van der Waals surface area contributed by atoms with Gasteiger partial charge in [0.25, 0.3) is 0 Å². The van der Waals surface area contributed by atoms with E-state index in [1.165, 1.54) is 6.92 Å². The average Bonchev–Trinajstić information content (AvgIpc) is 2.96. The molecular formula is C17H20N4O3. The molecule has 24 heavy (non-hydrogen) atoms. The summed E-state index contributed by atoms with van der Waals surface area (Å²) >= 11 is 0. The summed E-state index contributed by atoms with van der Waals surface area (Å²) in [7, 11) is 0. The summed E-state index contributed by atoms with van der Waals surface area (Å²) in [5.41, 5.74) is 1.60. The van der Waals surface area contributed by atoms with E-state index < -0.39 is 6.09 Å². The van der Waals surface area contributed by atoms with E-state index in [0.29, 0.717) is 32.1 Å². The molecule has 1 aliphatic heterocycles. The molecule has 0 bridgehead atoms. The highest BCUT2D eigenvalue weighted by molar-refractivity contribution is 5.74. The lowest BCUT2D eigenvalue weighted by molar-refractivity contribution is -0.130. The van der Waals surface area contributed by atoms with Crippen molar-refractivity contribution in [3.05, 3.63) is 42.1 Å². The second-order valence-electron chi connectivity index (χ2n) is 5.73.